The van der Waals surface area contributed by atoms with E-state index in [9.17, 15) is 0 Å². The van der Waals surface area contributed by atoms with E-state index in [0.29, 0.717) is 12.0 Å². The summed E-state index contributed by atoms with van der Waals surface area (Å²) < 4.78 is 0. The Hall–Kier alpha value is -1.23. The lowest BCUT2D eigenvalue weighted by atomic mass is 9.90. The summed E-state index contributed by atoms with van der Waals surface area (Å²) in [7, 11) is 0. The Balaban J connectivity index is 1.65. The van der Waals surface area contributed by atoms with Crippen LogP contribution in [0.5, 0.6) is 0 Å². The molecule has 0 bridgehead atoms. The Morgan fingerprint density at radius 1 is 1.28 bits per heavy atom. The zero-order valence-corrected chi connectivity index (χ0v) is 10.4. The van der Waals surface area contributed by atoms with Gasteiger partial charge in [0, 0.05) is 18.2 Å². The first-order valence-corrected chi connectivity index (χ1v) is 6.63. The molecule has 96 valence electrons. The number of hydrogen-bond acceptors (Lipinski definition) is 4. The molecule has 0 amide bonds. The molecule has 18 heavy (non-hydrogen) atoms. The molecule has 0 saturated carbocycles. The summed E-state index contributed by atoms with van der Waals surface area (Å²) in [5, 5.41) is 0. The van der Waals surface area contributed by atoms with Crippen molar-refractivity contribution in [3.05, 3.63) is 35.9 Å². The number of nitrogens with zero attached hydrogens (tertiary/aromatic N) is 1. The smallest absolute Gasteiger partial charge is 0.172 e. The van der Waals surface area contributed by atoms with Crippen molar-refractivity contribution in [2.45, 2.75) is 38.0 Å². The summed E-state index contributed by atoms with van der Waals surface area (Å²) in [5.74, 6) is 0.520. The maximum Gasteiger partial charge on any atom is 0.172 e. The summed E-state index contributed by atoms with van der Waals surface area (Å²) in [4.78, 5) is 9.92. The Morgan fingerprint density at radius 2 is 2.17 bits per heavy atom. The Bertz CT molecular complexity index is 407. The van der Waals surface area contributed by atoms with Crippen molar-refractivity contribution < 1.29 is 4.84 Å². The molecule has 0 spiro atoms. The highest BCUT2D eigenvalue weighted by atomic mass is 16.7. The number of fused-ring (bicyclic) bond motifs is 1. The van der Waals surface area contributed by atoms with Crippen LogP contribution in [0.1, 0.15) is 24.8 Å². The fourth-order valence-electron chi connectivity index (χ4n) is 2.73. The Kier molecular flexibility index (Phi) is 3.69. The molecular formula is C14H19N3O. The van der Waals surface area contributed by atoms with Gasteiger partial charge in [-0.15, -0.1) is 5.59 Å². The lowest BCUT2D eigenvalue weighted by molar-refractivity contribution is -0.0582. The molecule has 0 aliphatic carbocycles. The summed E-state index contributed by atoms with van der Waals surface area (Å²) in [6.45, 7) is 0. The van der Waals surface area contributed by atoms with Crippen LogP contribution < -0.4 is 11.0 Å². The van der Waals surface area contributed by atoms with E-state index < -0.39 is 0 Å². The van der Waals surface area contributed by atoms with E-state index in [-0.39, 0.29) is 6.23 Å². The largest absolute Gasteiger partial charge is 0.264 e. The fourth-order valence-corrected chi connectivity index (χ4v) is 2.73. The van der Waals surface area contributed by atoms with Gasteiger partial charge in [-0.1, -0.05) is 30.3 Å². The standard InChI is InChI=1S/C14H19N3O/c1-2-5-11(6-3-1)9-13-10-12-7-4-8-15-14(12)18-17-16-13/h1-3,5-6,8,12-14,16-17H,4,7,9-10H2. The fraction of sp³-hybridized carbons (Fsp3) is 0.500. The molecule has 3 unspecified atom stereocenters. The molecule has 1 saturated heterocycles. The normalized spacial score (nSPS) is 31.7. The minimum atomic E-state index is -0.0213. The van der Waals surface area contributed by atoms with Crippen LogP contribution in [0.25, 0.3) is 0 Å². The highest BCUT2D eigenvalue weighted by Gasteiger charge is 2.29. The quantitative estimate of drug-likeness (QED) is 0.835. The van der Waals surface area contributed by atoms with Gasteiger partial charge in [0.2, 0.25) is 0 Å². The first-order chi connectivity index (χ1) is 8.92. The van der Waals surface area contributed by atoms with Crippen molar-refractivity contribution in [1.29, 1.82) is 0 Å². The third-order valence-corrected chi connectivity index (χ3v) is 3.68. The first-order valence-electron chi connectivity index (χ1n) is 6.63. The summed E-state index contributed by atoms with van der Waals surface area (Å²) in [6.07, 6.45) is 6.31. The number of hydrazine groups is 1. The van der Waals surface area contributed by atoms with Gasteiger partial charge in [-0.05, 0) is 31.2 Å². The number of aliphatic imine (C=N–C) groups is 1. The zero-order valence-electron chi connectivity index (χ0n) is 10.4. The highest BCUT2D eigenvalue weighted by Crippen LogP contribution is 2.26. The van der Waals surface area contributed by atoms with Crippen LogP contribution in [0, 0.1) is 5.92 Å². The number of nitrogens with one attached hydrogen (secondary N) is 2. The van der Waals surface area contributed by atoms with E-state index >= 15 is 0 Å². The molecule has 4 nitrogen and oxygen atoms in total. The maximum atomic E-state index is 5.52. The van der Waals surface area contributed by atoms with Crippen molar-refractivity contribution >= 4 is 6.21 Å². The molecule has 2 heterocycles. The van der Waals surface area contributed by atoms with E-state index in [1.54, 1.807) is 0 Å². The van der Waals surface area contributed by atoms with E-state index in [2.05, 4.69) is 46.3 Å². The van der Waals surface area contributed by atoms with Crippen LogP contribution in [0.3, 0.4) is 0 Å². The predicted octanol–water partition coefficient (Wildman–Crippen LogP) is 1.83. The lowest BCUT2D eigenvalue weighted by Gasteiger charge is -2.24. The van der Waals surface area contributed by atoms with Crippen molar-refractivity contribution in [1.82, 2.24) is 11.0 Å². The van der Waals surface area contributed by atoms with E-state index in [4.69, 9.17) is 4.84 Å². The van der Waals surface area contributed by atoms with Gasteiger partial charge >= 0.3 is 0 Å². The van der Waals surface area contributed by atoms with E-state index in [1.807, 2.05) is 6.21 Å². The highest BCUT2D eigenvalue weighted by molar-refractivity contribution is 5.58. The SMILES string of the molecule is C1=NC2ONNC(Cc3ccccc3)CC2CC1. The Morgan fingerprint density at radius 3 is 3.06 bits per heavy atom. The molecule has 3 rings (SSSR count). The van der Waals surface area contributed by atoms with Crippen molar-refractivity contribution in [2.75, 3.05) is 0 Å². The topological polar surface area (TPSA) is 45.6 Å². The third kappa shape index (κ3) is 2.77. The van der Waals surface area contributed by atoms with Gasteiger partial charge < -0.3 is 0 Å². The lowest BCUT2D eigenvalue weighted by Crippen LogP contribution is -2.40. The van der Waals surface area contributed by atoms with E-state index in [0.717, 1.165) is 19.3 Å². The molecule has 1 fully saturated rings. The molecule has 1 aromatic rings. The second kappa shape index (κ2) is 5.61. The van der Waals surface area contributed by atoms with Gasteiger partial charge in [-0.25, -0.2) is 5.43 Å². The van der Waals surface area contributed by atoms with Crippen LogP contribution >= 0.6 is 0 Å². The van der Waals surface area contributed by atoms with Crippen LogP contribution in [0.4, 0.5) is 0 Å². The van der Waals surface area contributed by atoms with Crippen LogP contribution in [-0.2, 0) is 11.3 Å². The maximum absolute atomic E-state index is 5.52. The number of benzene rings is 1. The second-order valence-electron chi connectivity index (χ2n) is 5.05. The molecule has 2 aliphatic rings. The number of rotatable bonds is 2. The summed E-state index contributed by atoms with van der Waals surface area (Å²) in [6, 6.07) is 11.0. The average Bonchev–Trinajstić information content (AvgIpc) is 2.61. The summed E-state index contributed by atoms with van der Waals surface area (Å²) in [5.41, 5.74) is 7.45. The molecule has 2 N–H and O–H groups in total. The predicted molar refractivity (Wildman–Crippen MR) is 70.9 cm³/mol. The van der Waals surface area contributed by atoms with Gasteiger partial charge in [0.1, 0.15) is 0 Å². The zero-order chi connectivity index (χ0) is 12.2. The van der Waals surface area contributed by atoms with Gasteiger partial charge in [-0.2, -0.15) is 0 Å². The van der Waals surface area contributed by atoms with Gasteiger partial charge in [-0.3, -0.25) is 9.83 Å². The van der Waals surface area contributed by atoms with Crippen LogP contribution in [-0.4, -0.2) is 18.5 Å². The molecule has 3 atom stereocenters. The molecule has 2 aliphatic heterocycles. The average molecular weight is 245 g/mol. The summed E-state index contributed by atoms with van der Waals surface area (Å²) >= 11 is 0. The van der Waals surface area contributed by atoms with Gasteiger partial charge in [0.05, 0.1) is 0 Å². The van der Waals surface area contributed by atoms with Crippen molar-refractivity contribution in [3.63, 3.8) is 0 Å². The van der Waals surface area contributed by atoms with Crippen LogP contribution in [0.15, 0.2) is 35.3 Å². The minimum absolute atomic E-state index is 0.0213. The number of hydrogen-bond donors (Lipinski definition) is 2. The third-order valence-electron chi connectivity index (χ3n) is 3.68. The van der Waals surface area contributed by atoms with Crippen LogP contribution in [0.2, 0.25) is 0 Å². The second-order valence-corrected chi connectivity index (χ2v) is 5.05. The van der Waals surface area contributed by atoms with Crippen molar-refractivity contribution in [2.24, 2.45) is 10.9 Å². The molecule has 4 heteroatoms. The molecule has 1 aromatic carbocycles. The Labute approximate surface area is 107 Å². The monoisotopic (exact) mass is 245 g/mol. The van der Waals surface area contributed by atoms with Crippen molar-refractivity contribution in [3.8, 4) is 0 Å². The first kappa shape index (κ1) is 11.8. The molecular weight excluding hydrogens is 226 g/mol. The molecule has 0 radical (unpaired) electrons. The van der Waals surface area contributed by atoms with E-state index in [1.165, 1.54) is 12.0 Å². The molecule has 0 aromatic heterocycles. The van der Waals surface area contributed by atoms with Gasteiger partial charge in [0.15, 0.2) is 6.23 Å². The minimum Gasteiger partial charge on any atom is -0.264 e. The van der Waals surface area contributed by atoms with Gasteiger partial charge in [0.25, 0.3) is 0 Å².